The van der Waals surface area contributed by atoms with E-state index in [-0.39, 0.29) is 5.91 Å². The molecule has 0 bridgehead atoms. The molecule has 1 unspecified atom stereocenters. The highest BCUT2D eigenvalue weighted by atomic mass is 16.1. The summed E-state index contributed by atoms with van der Waals surface area (Å²) in [5.41, 5.74) is 0. The normalized spacial score (nSPS) is 22.2. The van der Waals surface area contributed by atoms with Gasteiger partial charge in [-0.2, -0.15) is 0 Å². The number of rotatable bonds is 4. The van der Waals surface area contributed by atoms with E-state index in [1.54, 1.807) is 0 Å². The Balaban J connectivity index is 2.01. The minimum atomic E-state index is -0.0686. The molecule has 0 spiro atoms. The third kappa shape index (κ3) is 3.05. The average Bonchev–Trinajstić information content (AvgIpc) is 2.57. The van der Waals surface area contributed by atoms with Gasteiger partial charge in [-0.25, -0.2) is 0 Å². The zero-order valence-electron chi connectivity index (χ0n) is 7.31. The van der Waals surface area contributed by atoms with Crippen molar-refractivity contribution in [2.45, 2.75) is 12.8 Å². The van der Waals surface area contributed by atoms with Crippen molar-refractivity contribution in [3.63, 3.8) is 0 Å². The van der Waals surface area contributed by atoms with Crippen LogP contribution in [0.15, 0.2) is 12.7 Å². The van der Waals surface area contributed by atoms with Crippen molar-refractivity contribution in [3.8, 4) is 0 Å². The van der Waals surface area contributed by atoms with Crippen LogP contribution in [0.4, 0.5) is 0 Å². The van der Waals surface area contributed by atoms with Crippen LogP contribution < -0.4 is 10.6 Å². The Bertz CT molecular complexity index is 162. The lowest BCUT2D eigenvalue weighted by Gasteiger charge is -2.07. The molecule has 0 aromatic heterocycles. The number of carbonyl (C=O) groups excluding carboxylic acids is 1. The molecule has 3 nitrogen and oxygen atoms in total. The van der Waals surface area contributed by atoms with Crippen LogP contribution in [-0.4, -0.2) is 25.5 Å². The summed E-state index contributed by atoms with van der Waals surface area (Å²) >= 11 is 0. The van der Waals surface area contributed by atoms with E-state index in [9.17, 15) is 4.79 Å². The second-order valence-corrected chi connectivity index (χ2v) is 3.14. The number of amides is 1. The molecular weight excluding hydrogens is 152 g/mol. The molecule has 1 rings (SSSR count). The Morgan fingerprint density at radius 1 is 1.75 bits per heavy atom. The van der Waals surface area contributed by atoms with E-state index in [2.05, 4.69) is 17.2 Å². The van der Waals surface area contributed by atoms with E-state index in [0.29, 0.717) is 0 Å². The first-order valence-electron chi connectivity index (χ1n) is 4.44. The lowest BCUT2D eigenvalue weighted by atomic mass is 10.1. The van der Waals surface area contributed by atoms with Gasteiger partial charge in [0.1, 0.15) is 0 Å². The van der Waals surface area contributed by atoms with Crippen LogP contribution in [0.1, 0.15) is 12.8 Å². The first-order valence-corrected chi connectivity index (χ1v) is 4.44. The van der Waals surface area contributed by atoms with Gasteiger partial charge in [0.25, 0.3) is 0 Å². The lowest BCUT2D eigenvalue weighted by molar-refractivity contribution is -0.116. The summed E-state index contributed by atoms with van der Waals surface area (Å²) in [6.07, 6.45) is 3.63. The van der Waals surface area contributed by atoms with Gasteiger partial charge in [-0.1, -0.05) is 6.58 Å². The maximum atomic E-state index is 10.7. The molecule has 1 fully saturated rings. The fraction of sp³-hybridized carbons (Fsp3) is 0.667. The number of nitrogens with one attached hydrogen (secondary N) is 2. The van der Waals surface area contributed by atoms with E-state index in [0.717, 1.165) is 32.0 Å². The summed E-state index contributed by atoms with van der Waals surface area (Å²) in [4.78, 5) is 10.7. The second kappa shape index (κ2) is 4.93. The van der Waals surface area contributed by atoms with Crippen molar-refractivity contribution in [3.05, 3.63) is 12.7 Å². The maximum Gasteiger partial charge on any atom is 0.243 e. The van der Waals surface area contributed by atoms with Gasteiger partial charge in [0, 0.05) is 6.54 Å². The second-order valence-electron chi connectivity index (χ2n) is 3.14. The predicted octanol–water partition coefficient (Wildman–Crippen LogP) is 0.288. The Morgan fingerprint density at radius 3 is 3.17 bits per heavy atom. The summed E-state index contributed by atoms with van der Waals surface area (Å²) in [5, 5.41) is 6.07. The number of hydrogen-bond donors (Lipinski definition) is 2. The molecule has 0 aromatic carbocycles. The molecule has 3 heteroatoms. The van der Waals surface area contributed by atoms with Gasteiger partial charge < -0.3 is 10.6 Å². The maximum absolute atomic E-state index is 10.7. The quantitative estimate of drug-likeness (QED) is 0.592. The summed E-state index contributed by atoms with van der Waals surface area (Å²) in [6, 6.07) is 0. The van der Waals surface area contributed by atoms with E-state index < -0.39 is 0 Å². The molecule has 1 saturated heterocycles. The Labute approximate surface area is 73.2 Å². The van der Waals surface area contributed by atoms with Crippen LogP contribution in [0.2, 0.25) is 0 Å². The first-order chi connectivity index (χ1) is 5.83. The highest BCUT2D eigenvalue weighted by Crippen LogP contribution is 2.10. The van der Waals surface area contributed by atoms with Crippen molar-refractivity contribution in [1.29, 1.82) is 0 Å². The van der Waals surface area contributed by atoms with Gasteiger partial charge in [-0.3, -0.25) is 4.79 Å². The highest BCUT2D eigenvalue weighted by Gasteiger charge is 2.13. The molecule has 1 aliphatic rings. The van der Waals surface area contributed by atoms with Crippen molar-refractivity contribution < 1.29 is 4.79 Å². The molecule has 68 valence electrons. The Kier molecular flexibility index (Phi) is 3.80. The van der Waals surface area contributed by atoms with E-state index in [1.165, 1.54) is 12.5 Å². The molecule has 1 atom stereocenters. The fourth-order valence-corrected chi connectivity index (χ4v) is 1.43. The molecular formula is C9H16N2O. The molecule has 2 N–H and O–H groups in total. The van der Waals surface area contributed by atoms with Crippen molar-refractivity contribution >= 4 is 5.91 Å². The minimum absolute atomic E-state index is 0.0686. The molecule has 0 radical (unpaired) electrons. The van der Waals surface area contributed by atoms with Gasteiger partial charge in [0.2, 0.25) is 5.91 Å². The summed E-state index contributed by atoms with van der Waals surface area (Å²) < 4.78 is 0. The molecule has 1 amide bonds. The third-order valence-corrected chi connectivity index (χ3v) is 2.20. The van der Waals surface area contributed by atoms with Gasteiger partial charge >= 0.3 is 0 Å². The predicted molar refractivity (Wildman–Crippen MR) is 48.8 cm³/mol. The molecule has 12 heavy (non-hydrogen) atoms. The highest BCUT2D eigenvalue weighted by molar-refractivity contribution is 5.86. The Hall–Kier alpha value is -0.830. The first kappa shape index (κ1) is 9.26. The van der Waals surface area contributed by atoms with Crippen molar-refractivity contribution in [2.75, 3.05) is 19.6 Å². The zero-order chi connectivity index (χ0) is 8.81. The molecule has 1 aliphatic heterocycles. The summed E-state index contributed by atoms with van der Waals surface area (Å²) in [5.74, 6) is 0.677. The van der Waals surface area contributed by atoms with Crippen molar-refractivity contribution in [1.82, 2.24) is 10.6 Å². The van der Waals surface area contributed by atoms with Crippen LogP contribution in [0.3, 0.4) is 0 Å². The SMILES string of the molecule is C=CC(=O)NCCC1CCNC1. The number of hydrogen-bond acceptors (Lipinski definition) is 2. The number of carbonyl (C=O) groups is 1. The monoisotopic (exact) mass is 168 g/mol. The minimum Gasteiger partial charge on any atom is -0.353 e. The van der Waals surface area contributed by atoms with Crippen LogP contribution in [-0.2, 0) is 4.79 Å². The van der Waals surface area contributed by atoms with Crippen molar-refractivity contribution in [2.24, 2.45) is 5.92 Å². The van der Waals surface area contributed by atoms with Gasteiger partial charge in [0.05, 0.1) is 0 Å². The van der Waals surface area contributed by atoms with E-state index >= 15 is 0 Å². The Morgan fingerprint density at radius 2 is 2.58 bits per heavy atom. The lowest BCUT2D eigenvalue weighted by Crippen LogP contribution is -2.24. The molecule has 0 aromatic rings. The largest absolute Gasteiger partial charge is 0.353 e. The smallest absolute Gasteiger partial charge is 0.243 e. The molecule has 0 aliphatic carbocycles. The standard InChI is InChI=1S/C9H16N2O/c1-2-9(12)11-6-4-8-3-5-10-7-8/h2,8,10H,1,3-7H2,(H,11,12). The van der Waals surface area contributed by atoms with Crippen LogP contribution in [0.5, 0.6) is 0 Å². The summed E-state index contributed by atoms with van der Waals surface area (Å²) in [6.45, 7) is 6.39. The fourth-order valence-electron chi connectivity index (χ4n) is 1.43. The third-order valence-electron chi connectivity index (χ3n) is 2.20. The van der Waals surface area contributed by atoms with Gasteiger partial charge in [-0.05, 0) is 37.9 Å². The molecule has 0 saturated carbocycles. The van der Waals surface area contributed by atoms with Gasteiger partial charge in [-0.15, -0.1) is 0 Å². The average molecular weight is 168 g/mol. The van der Waals surface area contributed by atoms with Gasteiger partial charge in [0.15, 0.2) is 0 Å². The van der Waals surface area contributed by atoms with Crippen LogP contribution >= 0.6 is 0 Å². The van der Waals surface area contributed by atoms with Crippen LogP contribution in [0, 0.1) is 5.92 Å². The van der Waals surface area contributed by atoms with E-state index in [4.69, 9.17) is 0 Å². The van der Waals surface area contributed by atoms with Crippen LogP contribution in [0.25, 0.3) is 0 Å². The molecule has 1 heterocycles. The topological polar surface area (TPSA) is 41.1 Å². The zero-order valence-corrected chi connectivity index (χ0v) is 7.31. The summed E-state index contributed by atoms with van der Waals surface area (Å²) in [7, 11) is 0. The van der Waals surface area contributed by atoms with E-state index in [1.807, 2.05) is 0 Å².